The Morgan fingerprint density at radius 2 is 2.28 bits per heavy atom. The molecule has 0 aromatic carbocycles. The number of hydrogen-bond donors (Lipinski definition) is 0. The molecule has 1 aromatic rings. The molecular formula is C12H16N4O2. The molecule has 0 fully saturated rings. The number of aromatic nitrogens is 2. The van der Waals surface area contributed by atoms with E-state index in [1.54, 1.807) is 6.20 Å². The Labute approximate surface area is 106 Å². The molecule has 0 N–H and O–H groups in total. The van der Waals surface area contributed by atoms with Gasteiger partial charge in [0.25, 0.3) is 0 Å². The third-order valence-corrected chi connectivity index (χ3v) is 2.40. The zero-order chi connectivity index (χ0) is 13.5. The lowest BCUT2D eigenvalue weighted by Gasteiger charge is -2.26. The van der Waals surface area contributed by atoms with E-state index in [9.17, 15) is 4.79 Å². The summed E-state index contributed by atoms with van der Waals surface area (Å²) in [5.74, 6) is 0.0523. The molecule has 0 aliphatic rings. The topological polar surface area (TPSA) is 79.1 Å². The molecule has 0 spiro atoms. The van der Waals surface area contributed by atoms with Crippen molar-refractivity contribution in [3.63, 3.8) is 0 Å². The number of nitrogens with zero attached hydrogens (tertiary/aromatic N) is 4. The Morgan fingerprint density at radius 1 is 1.56 bits per heavy atom. The lowest BCUT2D eigenvalue weighted by Crippen LogP contribution is -2.32. The van der Waals surface area contributed by atoms with Gasteiger partial charge in [-0.2, -0.15) is 5.26 Å². The minimum absolute atomic E-state index is 0.164. The van der Waals surface area contributed by atoms with E-state index in [2.05, 4.69) is 20.8 Å². The van der Waals surface area contributed by atoms with Crippen LogP contribution in [0, 0.1) is 11.3 Å². The lowest BCUT2D eigenvalue weighted by atomic mass is 10.3. The second-order valence-electron chi connectivity index (χ2n) is 3.95. The molecule has 0 bridgehead atoms. The van der Waals surface area contributed by atoms with Crippen LogP contribution >= 0.6 is 0 Å². The van der Waals surface area contributed by atoms with Gasteiger partial charge in [0.2, 0.25) is 0 Å². The Kier molecular flexibility index (Phi) is 5.06. The van der Waals surface area contributed by atoms with E-state index < -0.39 is 5.97 Å². The minimum atomic E-state index is -0.520. The fraction of sp³-hybridized carbons (Fsp3) is 0.500. The maximum absolute atomic E-state index is 11.4. The molecule has 0 saturated carbocycles. The Bertz CT molecular complexity index is 454. The van der Waals surface area contributed by atoms with Gasteiger partial charge in [0.15, 0.2) is 5.69 Å². The van der Waals surface area contributed by atoms with E-state index in [1.807, 2.05) is 18.7 Å². The van der Waals surface area contributed by atoms with Gasteiger partial charge in [-0.25, -0.2) is 9.78 Å². The highest BCUT2D eigenvalue weighted by Gasteiger charge is 2.15. The van der Waals surface area contributed by atoms with Crippen LogP contribution in [-0.2, 0) is 4.74 Å². The minimum Gasteiger partial charge on any atom is -0.464 e. The number of carbonyl (C=O) groups is 1. The molecule has 18 heavy (non-hydrogen) atoms. The standard InChI is InChI=1S/C12H16N4O2/c1-9(2)16(6-4-5-13)11-8-14-7-10(15-11)12(17)18-3/h7-9H,4,6H2,1-3H3. The quantitative estimate of drug-likeness (QED) is 0.733. The molecule has 6 heteroatoms. The molecule has 6 nitrogen and oxygen atoms in total. The van der Waals surface area contributed by atoms with E-state index in [-0.39, 0.29) is 11.7 Å². The average molecular weight is 248 g/mol. The normalized spacial score (nSPS) is 9.94. The van der Waals surface area contributed by atoms with Crippen molar-refractivity contribution >= 4 is 11.8 Å². The number of anilines is 1. The van der Waals surface area contributed by atoms with Gasteiger partial charge in [0.05, 0.1) is 32.0 Å². The van der Waals surface area contributed by atoms with Gasteiger partial charge in [-0.05, 0) is 13.8 Å². The van der Waals surface area contributed by atoms with Gasteiger partial charge in [0.1, 0.15) is 5.82 Å². The first-order chi connectivity index (χ1) is 8.60. The highest BCUT2D eigenvalue weighted by molar-refractivity contribution is 5.87. The largest absolute Gasteiger partial charge is 0.464 e. The Hall–Kier alpha value is -2.16. The number of carbonyl (C=O) groups excluding carboxylic acids is 1. The summed E-state index contributed by atoms with van der Waals surface area (Å²) >= 11 is 0. The molecule has 0 saturated heterocycles. The summed E-state index contributed by atoms with van der Waals surface area (Å²) in [5.41, 5.74) is 0.164. The van der Waals surface area contributed by atoms with Crippen molar-refractivity contribution in [2.75, 3.05) is 18.6 Å². The van der Waals surface area contributed by atoms with Crippen LogP contribution in [0.5, 0.6) is 0 Å². The molecule has 1 heterocycles. The first-order valence-electron chi connectivity index (χ1n) is 5.64. The van der Waals surface area contributed by atoms with Gasteiger partial charge in [-0.3, -0.25) is 4.98 Å². The Balaban J connectivity index is 2.98. The lowest BCUT2D eigenvalue weighted by molar-refractivity contribution is 0.0593. The van der Waals surface area contributed by atoms with Crippen LogP contribution in [0.25, 0.3) is 0 Å². The van der Waals surface area contributed by atoms with Crippen molar-refractivity contribution < 1.29 is 9.53 Å². The summed E-state index contributed by atoms with van der Waals surface area (Å²) in [6, 6.07) is 2.26. The number of nitriles is 1. The highest BCUT2D eigenvalue weighted by atomic mass is 16.5. The van der Waals surface area contributed by atoms with Crippen LogP contribution in [0.1, 0.15) is 30.8 Å². The molecular weight excluding hydrogens is 232 g/mol. The van der Waals surface area contributed by atoms with Crippen molar-refractivity contribution in [1.29, 1.82) is 5.26 Å². The smallest absolute Gasteiger partial charge is 0.358 e. The zero-order valence-electron chi connectivity index (χ0n) is 10.8. The van der Waals surface area contributed by atoms with E-state index in [1.165, 1.54) is 13.3 Å². The van der Waals surface area contributed by atoms with Gasteiger partial charge in [-0.15, -0.1) is 0 Å². The summed E-state index contributed by atoms with van der Waals surface area (Å²) in [7, 11) is 1.30. The van der Waals surface area contributed by atoms with Crippen molar-refractivity contribution in [1.82, 2.24) is 9.97 Å². The summed E-state index contributed by atoms with van der Waals surface area (Å²) in [4.78, 5) is 21.5. The predicted octanol–water partition coefficient (Wildman–Crippen LogP) is 1.39. The van der Waals surface area contributed by atoms with Crippen LogP contribution in [0.15, 0.2) is 12.4 Å². The monoisotopic (exact) mass is 248 g/mol. The molecule has 0 radical (unpaired) electrons. The molecule has 0 amide bonds. The maximum atomic E-state index is 11.4. The predicted molar refractivity (Wildman–Crippen MR) is 66.1 cm³/mol. The molecule has 0 atom stereocenters. The third-order valence-electron chi connectivity index (χ3n) is 2.40. The first-order valence-corrected chi connectivity index (χ1v) is 5.64. The van der Waals surface area contributed by atoms with Gasteiger partial charge < -0.3 is 9.64 Å². The first kappa shape index (κ1) is 13.9. The van der Waals surface area contributed by atoms with E-state index in [4.69, 9.17) is 5.26 Å². The van der Waals surface area contributed by atoms with Crippen molar-refractivity contribution in [3.05, 3.63) is 18.1 Å². The van der Waals surface area contributed by atoms with Crippen LogP contribution in [0.3, 0.4) is 0 Å². The second kappa shape index (κ2) is 6.55. The summed E-state index contributed by atoms with van der Waals surface area (Å²) in [5, 5.41) is 8.64. The average Bonchev–Trinajstić information content (AvgIpc) is 2.38. The van der Waals surface area contributed by atoms with Crippen molar-refractivity contribution in [2.24, 2.45) is 0 Å². The maximum Gasteiger partial charge on any atom is 0.358 e. The fourth-order valence-corrected chi connectivity index (χ4v) is 1.50. The van der Waals surface area contributed by atoms with Crippen molar-refractivity contribution in [2.45, 2.75) is 26.3 Å². The highest BCUT2D eigenvalue weighted by Crippen LogP contribution is 2.14. The van der Waals surface area contributed by atoms with E-state index in [0.29, 0.717) is 18.8 Å². The van der Waals surface area contributed by atoms with Gasteiger partial charge in [0, 0.05) is 12.6 Å². The van der Waals surface area contributed by atoms with Crippen LogP contribution in [0.4, 0.5) is 5.82 Å². The molecule has 0 aliphatic heterocycles. The molecule has 1 rings (SSSR count). The van der Waals surface area contributed by atoms with Crippen molar-refractivity contribution in [3.8, 4) is 6.07 Å². The molecule has 96 valence electrons. The number of rotatable bonds is 5. The van der Waals surface area contributed by atoms with E-state index in [0.717, 1.165) is 0 Å². The summed E-state index contributed by atoms with van der Waals surface area (Å²) in [6.45, 7) is 4.53. The van der Waals surface area contributed by atoms with Gasteiger partial charge >= 0.3 is 5.97 Å². The number of methoxy groups -OCH3 is 1. The van der Waals surface area contributed by atoms with Crippen LogP contribution in [-0.4, -0.2) is 35.6 Å². The fourth-order valence-electron chi connectivity index (χ4n) is 1.50. The number of hydrogen-bond acceptors (Lipinski definition) is 6. The van der Waals surface area contributed by atoms with Crippen LogP contribution in [0.2, 0.25) is 0 Å². The van der Waals surface area contributed by atoms with Crippen LogP contribution < -0.4 is 4.90 Å². The van der Waals surface area contributed by atoms with E-state index >= 15 is 0 Å². The SMILES string of the molecule is COC(=O)c1cncc(N(CCC#N)C(C)C)n1. The third kappa shape index (κ3) is 3.42. The summed E-state index contributed by atoms with van der Waals surface area (Å²) < 4.78 is 4.60. The summed E-state index contributed by atoms with van der Waals surface area (Å²) in [6.07, 6.45) is 3.32. The van der Waals surface area contributed by atoms with Gasteiger partial charge in [-0.1, -0.05) is 0 Å². The zero-order valence-corrected chi connectivity index (χ0v) is 10.8. The Morgan fingerprint density at radius 3 is 2.83 bits per heavy atom. The number of esters is 1. The number of ether oxygens (including phenoxy) is 1. The second-order valence-corrected chi connectivity index (χ2v) is 3.95. The molecule has 1 aromatic heterocycles. The molecule has 0 aliphatic carbocycles. The molecule has 0 unspecified atom stereocenters.